The van der Waals surface area contributed by atoms with Crippen molar-refractivity contribution in [2.24, 2.45) is 0 Å². The van der Waals surface area contributed by atoms with Gasteiger partial charge in [-0.3, -0.25) is 0 Å². The molecule has 0 unspecified atom stereocenters. The molecule has 3 heteroatoms. The maximum atomic E-state index is 5.32. The van der Waals surface area contributed by atoms with Gasteiger partial charge in [-0.05, 0) is 12.2 Å². The predicted molar refractivity (Wildman–Crippen MR) is 51.4 cm³/mol. The third kappa shape index (κ3) is 4.25. The fourth-order valence-electron chi connectivity index (χ4n) is 0.871. The highest BCUT2D eigenvalue weighted by Crippen LogP contribution is 2.15. The molecule has 0 fully saturated rings. The second kappa shape index (κ2) is 4.31. The van der Waals surface area contributed by atoms with Crippen molar-refractivity contribution in [3.63, 3.8) is 0 Å². The first-order valence-corrected chi connectivity index (χ1v) is 9.41. The Labute approximate surface area is 67.5 Å². The van der Waals surface area contributed by atoms with E-state index < -0.39 is 17.1 Å². The van der Waals surface area contributed by atoms with Crippen molar-refractivity contribution >= 4 is 17.1 Å². The van der Waals surface area contributed by atoms with Gasteiger partial charge in [0.2, 0.25) is 9.04 Å². The highest BCUT2D eigenvalue weighted by molar-refractivity contribution is 6.86. The van der Waals surface area contributed by atoms with Crippen molar-refractivity contribution in [1.82, 2.24) is 0 Å². The van der Waals surface area contributed by atoms with Crippen molar-refractivity contribution < 1.29 is 4.43 Å². The zero-order valence-corrected chi connectivity index (χ0v) is 9.82. The predicted octanol–water partition coefficient (Wildman–Crippen LogP) is 2.52. The van der Waals surface area contributed by atoms with Gasteiger partial charge in [0.25, 0.3) is 0 Å². The minimum absolute atomic E-state index is 0.436. The van der Waals surface area contributed by atoms with Crippen LogP contribution in [0.5, 0.6) is 0 Å². The van der Waals surface area contributed by atoms with Gasteiger partial charge in [0.15, 0.2) is 0 Å². The topological polar surface area (TPSA) is 9.23 Å². The third-order valence-corrected chi connectivity index (χ3v) is 10.5. The highest BCUT2D eigenvalue weighted by Gasteiger charge is 2.22. The van der Waals surface area contributed by atoms with Gasteiger partial charge in [-0.25, -0.2) is 0 Å². The molecule has 0 bridgehead atoms. The lowest BCUT2D eigenvalue weighted by atomic mass is 11.0. The molecule has 0 aliphatic heterocycles. The molecule has 0 aromatic rings. The number of hydrogen-bond donors (Lipinski definition) is 0. The van der Waals surface area contributed by atoms with Crippen molar-refractivity contribution in [2.45, 2.75) is 38.3 Å². The van der Waals surface area contributed by atoms with E-state index in [1.165, 1.54) is 11.7 Å². The second-order valence-electron chi connectivity index (χ2n) is 3.60. The van der Waals surface area contributed by atoms with Crippen LogP contribution in [0.2, 0.25) is 31.4 Å². The molecular formula is C7H19OSi2. The molecular weight excluding hydrogens is 156 g/mol. The minimum Gasteiger partial charge on any atom is -0.420 e. The largest absolute Gasteiger partial charge is 0.420 e. The van der Waals surface area contributed by atoms with Crippen molar-refractivity contribution in [3.05, 3.63) is 0 Å². The Morgan fingerprint density at radius 3 is 2.20 bits per heavy atom. The van der Waals surface area contributed by atoms with E-state index in [0.717, 1.165) is 0 Å². The average Bonchev–Trinajstić information content (AvgIpc) is 1.87. The summed E-state index contributed by atoms with van der Waals surface area (Å²) in [5.41, 5.74) is 1.39. The van der Waals surface area contributed by atoms with Crippen LogP contribution in [0.1, 0.15) is 6.92 Å². The summed E-state index contributed by atoms with van der Waals surface area (Å²) in [6, 6.07) is 1.39. The summed E-state index contributed by atoms with van der Waals surface area (Å²) in [7, 11) is 0.564. The van der Waals surface area contributed by atoms with Gasteiger partial charge in [-0.1, -0.05) is 26.1 Å². The van der Waals surface area contributed by atoms with Gasteiger partial charge >= 0.3 is 0 Å². The van der Waals surface area contributed by atoms with Gasteiger partial charge in [-0.15, -0.1) is 0 Å². The van der Waals surface area contributed by atoms with Crippen molar-refractivity contribution in [3.8, 4) is 0 Å². The van der Waals surface area contributed by atoms with Gasteiger partial charge in [-0.2, -0.15) is 0 Å². The van der Waals surface area contributed by atoms with Gasteiger partial charge in [0.05, 0.1) is 0 Å². The first-order chi connectivity index (χ1) is 4.52. The van der Waals surface area contributed by atoms with Crippen LogP contribution in [-0.2, 0) is 4.43 Å². The van der Waals surface area contributed by atoms with E-state index in [-0.39, 0.29) is 0 Å². The maximum Gasteiger partial charge on any atom is 0.204 e. The van der Waals surface area contributed by atoms with Crippen LogP contribution in [0.25, 0.3) is 0 Å². The van der Waals surface area contributed by atoms with Crippen LogP contribution < -0.4 is 0 Å². The molecule has 0 amide bonds. The molecule has 1 nitrogen and oxygen atoms in total. The normalized spacial score (nSPS) is 12.6. The zero-order valence-electron chi connectivity index (χ0n) is 7.82. The second-order valence-corrected chi connectivity index (χ2v) is 11.9. The van der Waals surface area contributed by atoms with E-state index in [4.69, 9.17) is 4.43 Å². The number of hydrogen-bond acceptors (Lipinski definition) is 1. The Kier molecular flexibility index (Phi) is 4.48. The Balaban J connectivity index is 3.64. The third-order valence-electron chi connectivity index (χ3n) is 2.03. The smallest absolute Gasteiger partial charge is 0.204 e. The molecule has 10 heavy (non-hydrogen) atoms. The van der Waals surface area contributed by atoms with Gasteiger partial charge in [0.1, 0.15) is 0 Å². The SMILES string of the molecule is CC[Si](C)(C)C[Si](C)OC. The fraction of sp³-hybridized carbons (Fsp3) is 1.00. The van der Waals surface area contributed by atoms with E-state index in [2.05, 4.69) is 26.6 Å². The summed E-state index contributed by atoms with van der Waals surface area (Å²) >= 11 is 0. The Bertz CT molecular complexity index is 93.6. The van der Waals surface area contributed by atoms with Crippen LogP contribution in [0.4, 0.5) is 0 Å². The first-order valence-electron chi connectivity index (χ1n) is 3.88. The molecule has 0 saturated heterocycles. The van der Waals surface area contributed by atoms with Gasteiger partial charge in [0, 0.05) is 15.2 Å². The Morgan fingerprint density at radius 2 is 1.90 bits per heavy atom. The molecule has 0 saturated carbocycles. The standard InChI is InChI=1S/C7H19OSi2/c1-6-10(4,5)7-9(3)8-2/h6-7H2,1-5H3. The quantitative estimate of drug-likeness (QED) is 0.597. The molecule has 0 heterocycles. The molecule has 0 atom stereocenters. The Hall–Kier alpha value is 0.394. The van der Waals surface area contributed by atoms with E-state index in [1.54, 1.807) is 0 Å². The van der Waals surface area contributed by atoms with Crippen LogP contribution in [-0.4, -0.2) is 24.2 Å². The summed E-state index contributed by atoms with van der Waals surface area (Å²) < 4.78 is 5.32. The molecule has 0 rings (SSSR count). The van der Waals surface area contributed by atoms with Crippen LogP contribution in [0.3, 0.4) is 0 Å². The van der Waals surface area contributed by atoms with Gasteiger partial charge < -0.3 is 4.43 Å². The monoisotopic (exact) mass is 175 g/mol. The van der Waals surface area contributed by atoms with Crippen LogP contribution in [0, 0.1) is 0 Å². The van der Waals surface area contributed by atoms with E-state index in [9.17, 15) is 0 Å². The lowest BCUT2D eigenvalue weighted by Crippen LogP contribution is -2.31. The highest BCUT2D eigenvalue weighted by atomic mass is 28.4. The van der Waals surface area contributed by atoms with Crippen molar-refractivity contribution in [1.29, 1.82) is 0 Å². The molecule has 0 aliphatic rings. The van der Waals surface area contributed by atoms with E-state index >= 15 is 0 Å². The van der Waals surface area contributed by atoms with Crippen molar-refractivity contribution in [2.75, 3.05) is 7.11 Å². The van der Waals surface area contributed by atoms with E-state index in [0.29, 0.717) is 0 Å². The van der Waals surface area contributed by atoms with Crippen LogP contribution in [0.15, 0.2) is 0 Å². The summed E-state index contributed by atoms with van der Waals surface area (Å²) in [5.74, 6) is 0. The molecule has 0 aliphatic carbocycles. The summed E-state index contributed by atoms with van der Waals surface area (Å²) in [6.07, 6.45) is 0. The zero-order chi connectivity index (χ0) is 8.20. The minimum atomic E-state index is -0.841. The summed E-state index contributed by atoms with van der Waals surface area (Å²) in [4.78, 5) is 0. The molecule has 0 aromatic carbocycles. The average molecular weight is 175 g/mol. The molecule has 0 spiro atoms. The molecule has 1 radical (unpaired) electrons. The molecule has 0 aromatic heterocycles. The maximum absolute atomic E-state index is 5.32. The summed E-state index contributed by atoms with van der Waals surface area (Å²) in [6.45, 7) is 9.45. The van der Waals surface area contributed by atoms with Crippen LogP contribution >= 0.6 is 0 Å². The molecule has 61 valence electrons. The first kappa shape index (κ1) is 10.4. The lowest BCUT2D eigenvalue weighted by Gasteiger charge is -2.21. The summed E-state index contributed by atoms with van der Waals surface area (Å²) in [5, 5.41) is 0. The Morgan fingerprint density at radius 1 is 1.40 bits per heavy atom. The lowest BCUT2D eigenvalue weighted by molar-refractivity contribution is 0.428. The molecule has 0 N–H and O–H groups in total. The number of rotatable bonds is 4. The van der Waals surface area contributed by atoms with E-state index in [1.807, 2.05) is 7.11 Å². The fourth-order valence-corrected chi connectivity index (χ4v) is 7.84.